The molecule has 1 aromatic carbocycles. The maximum absolute atomic E-state index is 6.27. The van der Waals surface area contributed by atoms with Crippen LogP contribution >= 0.6 is 11.3 Å². The smallest absolute Gasteiger partial charge is 0.234 e. The minimum Gasteiger partial charge on any atom is -0.493 e. The molecule has 42 heavy (non-hydrogen) atoms. The second-order valence-corrected chi connectivity index (χ2v) is 11.9. The van der Waals surface area contributed by atoms with E-state index in [1.807, 2.05) is 41.9 Å². The number of fused-ring (bicyclic) bond motifs is 1. The van der Waals surface area contributed by atoms with Crippen molar-refractivity contribution >= 4 is 23.2 Å². The third kappa shape index (κ3) is 5.26. The number of aliphatic imine (C=N–C) groups is 1. The van der Waals surface area contributed by atoms with E-state index >= 15 is 0 Å². The highest BCUT2D eigenvalue weighted by Crippen LogP contribution is 2.49. The summed E-state index contributed by atoms with van der Waals surface area (Å²) in [4.78, 5) is 13.5. The fourth-order valence-corrected chi connectivity index (χ4v) is 7.30. The highest BCUT2D eigenvalue weighted by molar-refractivity contribution is 7.15. The van der Waals surface area contributed by atoms with Crippen LogP contribution in [0.3, 0.4) is 0 Å². The zero-order valence-electron chi connectivity index (χ0n) is 23.8. The molecule has 2 saturated heterocycles. The summed E-state index contributed by atoms with van der Waals surface area (Å²) in [5, 5.41) is 14.6. The molecule has 4 aromatic rings. The van der Waals surface area contributed by atoms with E-state index in [1.54, 1.807) is 17.7 Å². The molecule has 3 aliphatic heterocycles. The van der Waals surface area contributed by atoms with Crippen molar-refractivity contribution < 1.29 is 14.2 Å². The summed E-state index contributed by atoms with van der Waals surface area (Å²) in [7, 11) is 0. The Balaban J connectivity index is 1.24. The zero-order valence-corrected chi connectivity index (χ0v) is 24.6. The minimum absolute atomic E-state index is 0.188. The SMILES string of the molecule is Cc1nn2ccc(OCCCN3CCOCC3)cc2c1-c1nc(-c2ccccc2)c(C2(C3CCCCO3)N=CN=N2)s1. The number of hydrogen-bond acceptors (Lipinski definition) is 10. The fraction of sp³-hybridized carbons (Fsp3) is 0.452. The van der Waals surface area contributed by atoms with Crippen molar-refractivity contribution in [1.29, 1.82) is 0 Å². The largest absolute Gasteiger partial charge is 0.493 e. The highest BCUT2D eigenvalue weighted by Gasteiger charge is 2.48. The van der Waals surface area contributed by atoms with Gasteiger partial charge in [-0.15, -0.1) is 21.6 Å². The highest BCUT2D eigenvalue weighted by atomic mass is 32.1. The van der Waals surface area contributed by atoms with Crippen molar-refractivity contribution in [1.82, 2.24) is 19.5 Å². The summed E-state index contributed by atoms with van der Waals surface area (Å²) in [5.41, 5.74) is 3.78. The average molecular weight is 586 g/mol. The molecule has 0 N–H and O–H groups in total. The number of rotatable bonds is 9. The molecule has 2 atom stereocenters. The van der Waals surface area contributed by atoms with Gasteiger partial charge in [-0.1, -0.05) is 30.3 Å². The van der Waals surface area contributed by atoms with Gasteiger partial charge in [0.25, 0.3) is 0 Å². The van der Waals surface area contributed by atoms with Gasteiger partial charge in [0.15, 0.2) is 0 Å². The molecular weight excluding hydrogens is 550 g/mol. The van der Waals surface area contributed by atoms with E-state index in [0.717, 1.165) is 102 Å². The van der Waals surface area contributed by atoms with Crippen LogP contribution in [-0.2, 0) is 15.1 Å². The van der Waals surface area contributed by atoms with Crippen LogP contribution < -0.4 is 4.74 Å². The topological polar surface area (TPSA) is 98.2 Å². The number of ether oxygens (including phenoxy) is 3. The lowest BCUT2D eigenvalue weighted by Crippen LogP contribution is -2.39. The summed E-state index contributed by atoms with van der Waals surface area (Å²) in [6.07, 6.45) is 7.29. The molecule has 0 radical (unpaired) electrons. The number of aromatic nitrogens is 3. The number of hydrogen-bond donors (Lipinski definition) is 0. The van der Waals surface area contributed by atoms with Crippen molar-refractivity contribution in [3.63, 3.8) is 0 Å². The molecule has 0 bridgehead atoms. The molecule has 6 heterocycles. The normalized spacial score (nSPS) is 22.7. The first-order valence-electron chi connectivity index (χ1n) is 14.8. The molecule has 7 rings (SSSR count). The van der Waals surface area contributed by atoms with Gasteiger partial charge in [0, 0.05) is 44.1 Å². The zero-order chi connectivity index (χ0) is 28.4. The van der Waals surface area contributed by atoms with Crippen LogP contribution in [0.1, 0.15) is 36.3 Å². The van der Waals surface area contributed by atoms with Crippen molar-refractivity contribution in [2.75, 3.05) is 46.1 Å². The van der Waals surface area contributed by atoms with E-state index in [1.165, 1.54) is 0 Å². The molecular formula is C31H35N7O3S. The molecule has 3 aromatic heterocycles. The number of thiazole rings is 1. The molecule has 0 amide bonds. The van der Waals surface area contributed by atoms with E-state index in [2.05, 4.69) is 28.2 Å². The van der Waals surface area contributed by atoms with Crippen molar-refractivity contribution in [2.24, 2.45) is 15.2 Å². The molecule has 11 heteroatoms. The summed E-state index contributed by atoms with van der Waals surface area (Å²) < 4.78 is 19.8. The van der Waals surface area contributed by atoms with Gasteiger partial charge < -0.3 is 14.2 Å². The quantitative estimate of drug-likeness (QED) is 0.232. The molecule has 2 fully saturated rings. The number of morpholine rings is 1. The molecule has 3 aliphatic rings. The monoisotopic (exact) mass is 585 g/mol. The third-order valence-electron chi connectivity index (χ3n) is 8.14. The standard InChI is InChI=1S/C31H35N7O3S/c1-22-27(25-20-24(11-13-38(25)35-22)40-17-7-12-37-14-18-39-19-15-37)30-34-28(23-8-3-2-4-9-23)29(42-30)31(32-21-33-36-31)26-10-5-6-16-41-26/h2-4,8-9,11,13,20-21,26H,5-7,10,12,14-19H2,1H3. The number of aryl methyl sites for hydroxylation is 1. The molecule has 0 saturated carbocycles. The van der Waals surface area contributed by atoms with E-state index in [0.29, 0.717) is 13.2 Å². The van der Waals surface area contributed by atoms with Crippen LogP contribution in [0, 0.1) is 6.92 Å². The van der Waals surface area contributed by atoms with Crippen LogP contribution in [0.2, 0.25) is 0 Å². The van der Waals surface area contributed by atoms with E-state index in [4.69, 9.17) is 34.4 Å². The second-order valence-electron chi connectivity index (χ2n) is 10.9. The van der Waals surface area contributed by atoms with Crippen LogP contribution in [0.5, 0.6) is 5.75 Å². The maximum Gasteiger partial charge on any atom is 0.234 e. The van der Waals surface area contributed by atoms with Gasteiger partial charge in [0.1, 0.15) is 23.2 Å². The van der Waals surface area contributed by atoms with Crippen LogP contribution in [0.4, 0.5) is 0 Å². The Morgan fingerprint density at radius 1 is 1.10 bits per heavy atom. The number of nitrogens with zero attached hydrogens (tertiary/aromatic N) is 7. The Morgan fingerprint density at radius 2 is 1.98 bits per heavy atom. The minimum atomic E-state index is -0.937. The predicted molar refractivity (Wildman–Crippen MR) is 162 cm³/mol. The lowest BCUT2D eigenvalue weighted by atomic mass is 9.93. The average Bonchev–Trinajstić information content (AvgIpc) is 3.78. The molecule has 10 nitrogen and oxygen atoms in total. The number of pyridine rings is 1. The third-order valence-corrected chi connectivity index (χ3v) is 9.33. The van der Waals surface area contributed by atoms with Crippen molar-refractivity contribution in [3.05, 3.63) is 59.2 Å². The molecule has 0 aliphatic carbocycles. The second kappa shape index (κ2) is 12.0. The Hall–Kier alpha value is -3.51. The molecule has 0 spiro atoms. The number of benzene rings is 1. The van der Waals surface area contributed by atoms with Gasteiger partial charge in [-0.05, 0) is 38.7 Å². The summed E-state index contributed by atoms with van der Waals surface area (Å²) >= 11 is 1.61. The van der Waals surface area contributed by atoms with E-state index < -0.39 is 5.66 Å². The van der Waals surface area contributed by atoms with Gasteiger partial charge in [-0.25, -0.2) is 14.5 Å². The first kappa shape index (κ1) is 27.3. The summed E-state index contributed by atoms with van der Waals surface area (Å²) in [6.45, 7) is 8.01. The van der Waals surface area contributed by atoms with E-state index in [-0.39, 0.29) is 6.10 Å². The lowest BCUT2D eigenvalue weighted by molar-refractivity contribution is -0.0305. The molecule has 2 unspecified atom stereocenters. The van der Waals surface area contributed by atoms with Gasteiger partial charge in [0.05, 0.1) is 47.2 Å². The lowest BCUT2D eigenvalue weighted by Gasteiger charge is -2.33. The van der Waals surface area contributed by atoms with Gasteiger partial charge in [-0.2, -0.15) is 5.10 Å². The Kier molecular flexibility index (Phi) is 7.81. The Labute approximate surface area is 249 Å². The Morgan fingerprint density at radius 3 is 2.76 bits per heavy atom. The van der Waals surface area contributed by atoms with Crippen molar-refractivity contribution in [2.45, 2.75) is 44.4 Å². The van der Waals surface area contributed by atoms with Gasteiger partial charge >= 0.3 is 0 Å². The van der Waals surface area contributed by atoms with Crippen LogP contribution in [0.15, 0.2) is 63.9 Å². The van der Waals surface area contributed by atoms with E-state index in [9.17, 15) is 0 Å². The van der Waals surface area contributed by atoms with Crippen LogP contribution in [0.25, 0.3) is 27.3 Å². The fourth-order valence-electron chi connectivity index (χ4n) is 5.98. The van der Waals surface area contributed by atoms with Gasteiger partial charge in [-0.3, -0.25) is 4.90 Å². The molecule has 218 valence electrons. The first-order valence-corrected chi connectivity index (χ1v) is 15.6. The van der Waals surface area contributed by atoms with Crippen molar-refractivity contribution in [3.8, 4) is 27.6 Å². The maximum atomic E-state index is 6.27. The number of azo groups is 1. The predicted octanol–water partition coefficient (Wildman–Crippen LogP) is 5.75. The summed E-state index contributed by atoms with van der Waals surface area (Å²) in [5.74, 6) is 0.826. The van der Waals surface area contributed by atoms with Crippen LogP contribution in [-0.4, -0.2) is 78.0 Å². The van der Waals surface area contributed by atoms with Gasteiger partial charge in [0.2, 0.25) is 5.66 Å². The Bertz CT molecular complexity index is 1570. The summed E-state index contributed by atoms with van der Waals surface area (Å²) in [6, 6.07) is 14.3. The first-order chi connectivity index (χ1) is 20.7.